The maximum Gasteiger partial charge on any atom is 0.194 e. The van der Waals surface area contributed by atoms with Crippen molar-refractivity contribution in [3.05, 3.63) is 59.4 Å². The summed E-state index contributed by atoms with van der Waals surface area (Å²) >= 11 is 0. The van der Waals surface area contributed by atoms with Gasteiger partial charge in [-0.25, -0.2) is 8.78 Å². The number of hydrogen-bond donors (Lipinski definition) is 1. The zero-order chi connectivity index (χ0) is 19.9. The molecular formula is C21H27F2N5. The van der Waals surface area contributed by atoms with E-state index in [1.54, 1.807) is 0 Å². The molecule has 28 heavy (non-hydrogen) atoms. The van der Waals surface area contributed by atoms with E-state index in [-0.39, 0.29) is 5.82 Å². The molecule has 1 aliphatic heterocycles. The van der Waals surface area contributed by atoms with Gasteiger partial charge in [0.15, 0.2) is 5.96 Å². The van der Waals surface area contributed by atoms with Crippen LogP contribution in [0.2, 0.25) is 0 Å². The first-order valence-electron chi connectivity index (χ1n) is 9.71. The first-order chi connectivity index (χ1) is 13.6. The average molecular weight is 387 g/mol. The molecule has 1 aromatic carbocycles. The highest BCUT2D eigenvalue weighted by Crippen LogP contribution is 2.22. The van der Waals surface area contributed by atoms with Crippen molar-refractivity contribution >= 4 is 11.6 Å². The van der Waals surface area contributed by atoms with E-state index in [2.05, 4.69) is 22.1 Å². The lowest BCUT2D eigenvalue weighted by Gasteiger charge is -2.37. The van der Waals surface area contributed by atoms with E-state index in [0.29, 0.717) is 38.4 Å². The second-order valence-electron chi connectivity index (χ2n) is 6.86. The lowest BCUT2D eigenvalue weighted by molar-refractivity contribution is 0.370. The summed E-state index contributed by atoms with van der Waals surface area (Å²) < 4.78 is 27.5. The van der Waals surface area contributed by atoms with E-state index in [1.807, 2.05) is 30.3 Å². The Morgan fingerprint density at radius 2 is 1.96 bits per heavy atom. The summed E-state index contributed by atoms with van der Waals surface area (Å²) in [6, 6.07) is 5.63. The van der Waals surface area contributed by atoms with Crippen molar-refractivity contribution in [2.75, 3.05) is 44.2 Å². The molecule has 1 fully saturated rings. The van der Waals surface area contributed by atoms with Crippen molar-refractivity contribution in [2.45, 2.75) is 20.3 Å². The smallest absolute Gasteiger partial charge is 0.194 e. The van der Waals surface area contributed by atoms with Gasteiger partial charge in [0.25, 0.3) is 0 Å². The van der Waals surface area contributed by atoms with Crippen LogP contribution in [0.25, 0.3) is 0 Å². The number of piperazine rings is 1. The average Bonchev–Trinajstić information content (AvgIpc) is 2.71. The molecule has 150 valence electrons. The number of guanidine groups is 1. The Hall–Kier alpha value is -2.70. The molecule has 0 radical (unpaired) electrons. The normalized spacial score (nSPS) is 15.1. The van der Waals surface area contributed by atoms with Gasteiger partial charge < -0.3 is 15.1 Å². The maximum atomic E-state index is 14.0. The fraction of sp³-hybridized carbons (Fsp3) is 0.429. The van der Waals surface area contributed by atoms with Gasteiger partial charge in [0, 0.05) is 57.7 Å². The van der Waals surface area contributed by atoms with E-state index >= 15 is 0 Å². The number of aryl methyl sites for hydroxylation is 1. The molecule has 0 amide bonds. The Morgan fingerprint density at radius 3 is 2.68 bits per heavy atom. The largest absolute Gasteiger partial charge is 0.366 e. The highest BCUT2D eigenvalue weighted by Gasteiger charge is 2.22. The molecule has 0 unspecified atom stereocenters. The molecule has 0 aliphatic carbocycles. The van der Waals surface area contributed by atoms with E-state index in [1.165, 1.54) is 23.3 Å². The molecule has 7 heteroatoms. The molecular weight excluding hydrogens is 360 g/mol. The molecule has 2 heterocycles. The van der Waals surface area contributed by atoms with Crippen LogP contribution >= 0.6 is 0 Å². The molecule has 5 nitrogen and oxygen atoms in total. The standard InChI is InChI=1S/C21H27F2N5/c1-3-25-21(26-9-7-17-6-8-24-15-16(17)2)28-12-10-27(11-13-28)20-14-18(22)4-5-19(20)23/h4-6,8,14-15H,3,7,9-13H2,1-2H3,(H,25,26). The zero-order valence-corrected chi connectivity index (χ0v) is 16.5. The summed E-state index contributed by atoms with van der Waals surface area (Å²) in [6.45, 7) is 8.22. The molecule has 0 spiro atoms. The van der Waals surface area contributed by atoms with Crippen molar-refractivity contribution in [1.82, 2.24) is 15.2 Å². The van der Waals surface area contributed by atoms with Gasteiger partial charge >= 0.3 is 0 Å². The molecule has 0 saturated carbocycles. The highest BCUT2D eigenvalue weighted by atomic mass is 19.1. The van der Waals surface area contributed by atoms with Crippen LogP contribution in [0.1, 0.15) is 18.1 Å². The molecule has 0 atom stereocenters. The summed E-state index contributed by atoms with van der Waals surface area (Å²) in [5, 5.41) is 3.34. The molecule has 1 aromatic heterocycles. The highest BCUT2D eigenvalue weighted by molar-refractivity contribution is 5.80. The Balaban J connectivity index is 1.61. The number of nitrogens with one attached hydrogen (secondary N) is 1. The van der Waals surface area contributed by atoms with Gasteiger partial charge in [0.05, 0.1) is 5.69 Å². The number of aromatic nitrogens is 1. The van der Waals surface area contributed by atoms with Gasteiger partial charge in [-0.15, -0.1) is 0 Å². The summed E-state index contributed by atoms with van der Waals surface area (Å²) in [4.78, 5) is 12.9. The van der Waals surface area contributed by atoms with Crippen molar-refractivity contribution in [3.8, 4) is 0 Å². The molecule has 1 saturated heterocycles. The fourth-order valence-electron chi connectivity index (χ4n) is 3.38. The molecule has 2 aromatic rings. The molecule has 1 aliphatic rings. The number of nitrogens with zero attached hydrogens (tertiary/aromatic N) is 4. The number of aliphatic imine (C=N–C) groups is 1. The van der Waals surface area contributed by atoms with Gasteiger partial charge in [0.2, 0.25) is 0 Å². The van der Waals surface area contributed by atoms with Gasteiger partial charge in [-0.05, 0) is 49.6 Å². The first kappa shape index (κ1) is 20.0. The third kappa shape index (κ3) is 4.97. The Labute approximate surface area is 165 Å². The van der Waals surface area contributed by atoms with Crippen LogP contribution < -0.4 is 10.2 Å². The molecule has 1 N–H and O–H groups in total. The summed E-state index contributed by atoms with van der Waals surface area (Å²) in [6.07, 6.45) is 4.54. The van der Waals surface area contributed by atoms with Crippen LogP contribution in [0.15, 0.2) is 41.7 Å². The summed E-state index contributed by atoms with van der Waals surface area (Å²) in [5.41, 5.74) is 2.75. The Morgan fingerprint density at radius 1 is 1.18 bits per heavy atom. The van der Waals surface area contributed by atoms with Crippen molar-refractivity contribution in [3.63, 3.8) is 0 Å². The minimum Gasteiger partial charge on any atom is -0.366 e. The lowest BCUT2D eigenvalue weighted by atomic mass is 10.1. The van der Waals surface area contributed by atoms with Gasteiger partial charge in [-0.2, -0.15) is 0 Å². The third-order valence-corrected chi connectivity index (χ3v) is 4.94. The number of rotatable bonds is 5. The maximum absolute atomic E-state index is 14.0. The fourth-order valence-corrected chi connectivity index (χ4v) is 3.38. The number of hydrogen-bond acceptors (Lipinski definition) is 3. The number of pyridine rings is 1. The van der Waals surface area contributed by atoms with Crippen LogP contribution in [-0.2, 0) is 6.42 Å². The van der Waals surface area contributed by atoms with Gasteiger partial charge in [-0.1, -0.05) is 0 Å². The van der Waals surface area contributed by atoms with Crippen LogP contribution in [-0.4, -0.2) is 55.1 Å². The number of benzene rings is 1. The Kier molecular flexibility index (Phi) is 6.79. The van der Waals surface area contributed by atoms with Crippen LogP contribution in [0, 0.1) is 18.6 Å². The van der Waals surface area contributed by atoms with Crippen LogP contribution in [0.3, 0.4) is 0 Å². The lowest BCUT2D eigenvalue weighted by Crippen LogP contribution is -2.52. The summed E-state index contributed by atoms with van der Waals surface area (Å²) in [7, 11) is 0. The molecule has 0 bridgehead atoms. The molecule has 3 rings (SSSR count). The minimum absolute atomic E-state index is 0.328. The van der Waals surface area contributed by atoms with Crippen molar-refractivity contribution < 1.29 is 8.78 Å². The van der Waals surface area contributed by atoms with Gasteiger partial charge in [0.1, 0.15) is 11.6 Å². The SMILES string of the molecule is CCNC(=NCCc1ccncc1C)N1CCN(c2cc(F)ccc2F)CC1. The second-order valence-corrected chi connectivity index (χ2v) is 6.86. The van der Waals surface area contributed by atoms with Crippen LogP contribution in [0.5, 0.6) is 0 Å². The number of halogens is 2. The third-order valence-electron chi connectivity index (χ3n) is 4.94. The second kappa shape index (κ2) is 9.48. The predicted molar refractivity (Wildman–Crippen MR) is 109 cm³/mol. The topological polar surface area (TPSA) is 43.8 Å². The minimum atomic E-state index is -0.417. The van der Waals surface area contributed by atoms with E-state index in [0.717, 1.165) is 25.0 Å². The Bertz CT molecular complexity index is 816. The van der Waals surface area contributed by atoms with Crippen molar-refractivity contribution in [2.24, 2.45) is 4.99 Å². The van der Waals surface area contributed by atoms with E-state index in [4.69, 9.17) is 4.99 Å². The first-order valence-corrected chi connectivity index (χ1v) is 9.71. The van der Waals surface area contributed by atoms with Gasteiger partial charge in [-0.3, -0.25) is 9.98 Å². The van der Waals surface area contributed by atoms with E-state index in [9.17, 15) is 8.78 Å². The van der Waals surface area contributed by atoms with Crippen LogP contribution in [0.4, 0.5) is 14.5 Å². The van der Waals surface area contributed by atoms with E-state index < -0.39 is 5.82 Å². The quantitative estimate of drug-likeness (QED) is 0.633. The summed E-state index contributed by atoms with van der Waals surface area (Å²) in [5.74, 6) is 0.0665. The number of anilines is 1. The monoisotopic (exact) mass is 387 g/mol. The predicted octanol–water partition coefficient (Wildman–Crippen LogP) is 3.00. The zero-order valence-electron chi connectivity index (χ0n) is 16.5. The van der Waals surface area contributed by atoms with Crippen molar-refractivity contribution in [1.29, 1.82) is 0 Å².